The lowest BCUT2D eigenvalue weighted by molar-refractivity contribution is 0.317. The number of benzene rings is 2. The molecule has 0 aliphatic carbocycles. The fourth-order valence-corrected chi connectivity index (χ4v) is 2.71. The molecule has 0 bridgehead atoms. The number of hydrogen-bond donors (Lipinski definition) is 0. The Bertz CT molecular complexity index is 882. The van der Waals surface area contributed by atoms with Crippen molar-refractivity contribution in [2.45, 2.75) is 13.3 Å². The van der Waals surface area contributed by atoms with E-state index < -0.39 is 0 Å². The fraction of sp³-hybridized carbons (Fsp3) is 0.190. The summed E-state index contributed by atoms with van der Waals surface area (Å²) in [5, 5.41) is 0. The van der Waals surface area contributed by atoms with Gasteiger partial charge in [-0.2, -0.15) is 0 Å². The summed E-state index contributed by atoms with van der Waals surface area (Å²) in [7, 11) is 1.94. The monoisotopic (exact) mass is 319 g/mol. The lowest BCUT2D eigenvalue weighted by atomic mass is 10.0. The first-order valence-corrected chi connectivity index (χ1v) is 8.18. The number of ether oxygens (including phenoxy) is 1. The summed E-state index contributed by atoms with van der Waals surface area (Å²) in [5.41, 5.74) is 3.23. The zero-order valence-electron chi connectivity index (χ0n) is 14.0. The molecule has 122 valence electrons. The fourth-order valence-electron chi connectivity index (χ4n) is 2.71. The van der Waals surface area contributed by atoms with E-state index in [2.05, 4.69) is 6.92 Å². The van der Waals surface area contributed by atoms with Gasteiger partial charge in [-0.25, -0.2) is 0 Å². The van der Waals surface area contributed by atoms with Crippen LogP contribution in [0.3, 0.4) is 0 Å². The number of nitrogens with zero attached hydrogens (tertiary/aromatic N) is 1. The second-order valence-electron chi connectivity index (χ2n) is 5.82. The predicted molar refractivity (Wildman–Crippen MR) is 98.3 cm³/mol. The van der Waals surface area contributed by atoms with E-state index in [1.54, 1.807) is 0 Å². The Labute approximate surface area is 142 Å². The van der Waals surface area contributed by atoms with Crippen LogP contribution in [0, 0.1) is 0 Å². The molecule has 3 aromatic rings. The quantitative estimate of drug-likeness (QED) is 0.693. The van der Waals surface area contributed by atoms with Crippen molar-refractivity contribution in [3.8, 4) is 28.0 Å². The number of aromatic nitrogens is 1. The van der Waals surface area contributed by atoms with E-state index in [1.165, 1.54) is 0 Å². The summed E-state index contributed by atoms with van der Waals surface area (Å²) >= 11 is 0. The zero-order chi connectivity index (χ0) is 16.9. The SMILES string of the molecule is CCCOc1cccc(-c2cn(C)cc(-c3ccccc3)c2=O)c1. The molecule has 0 atom stereocenters. The molecule has 0 spiro atoms. The Kier molecular flexibility index (Phi) is 4.80. The largest absolute Gasteiger partial charge is 0.494 e. The lowest BCUT2D eigenvalue weighted by Crippen LogP contribution is -2.11. The summed E-state index contributed by atoms with van der Waals surface area (Å²) < 4.78 is 7.62. The molecule has 3 heteroatoms. The van der Waals surface area contributed by atoms with Gasteiger partial charge in [-0.15, -0.1) is 0 Å². The summed E-state index contributed by atoms with van der Waals surface area (Å²) in [4.78, 5) is 13.0. The maximum Gasteiger partial charge on any atom is 0.197 e. The minimum Gasteiger partial charge on any atom is -0.494 e. The minimum atomic E-state index is 0.0342. The van der Waals surface area contributed by atoms with Gasteiger partial charge in [0.2, 0.25) is 0 Å². The van der Waals surface area contributed by atoms with E-state index in [9.17, 15) is 4.79 Å². The highest BCUT2D eigenvalue weighted by Gasteiger charge is 2.11. The van der Waals surface area contributed by atoms with Gasteiger partial charge >= 0.3 is 0 Å². The molecule has 0 N–H and O–H groups in total. The maximum atomic E-state index is 13.0. The third kappa shape index (κ3) is 3.40. The van der Waals surface area contributed by atoms with Crippen molar-refractivity contribution in [2.24, 2.45) is 7.05 Å². The van der Waals surface area contributed by atoms with Gasteiger partial charge in [0.05, 0.1) is 6.61 Å². The standard InChI is InChI=1S/C21H21NO2/c1-3-12-24-18-11-7-10-17(13-18)20-15-22(2)14-19(21(20)23)16-8-5-4-6-9-16/h4-11,13-15H,3,12H2,1-2H3. The molecular weight excluding hydrogens is 298 g/mol. The highest BCUT2D eigenvalue weighted by Crippen LogP contribution is 2.24. The molecule has 2 aromatic carbocycles. The van der Waals surface area contributed by atoms with Crippen LogP contribution in [-0.4, -0.2) is 11.2 Å². The zero-order valence-corrected chi connectivity index (χ0v) is 14.0. The molecule has 1 heterocycles. The topological polar surface area (TPSA) is 31.2 Å². The average Bonchev–Trinajstić information content (AvgIpc) is 2.62. The van der Waals surface area contributed by atoms with Gasteiger partial charge in [-0.3, -0.25) is 4.79 Å². The second kappa shape index (κ2) is 7.18. The molecule has 0 saturated carbocycles. The normalized spacial score (nSPS) is 10.6. The van der Waals surface area contributed by atoms with E-state index in [4.69, 9.17) is 4.74 Å². The highest BCUT2D eigenvalue weighted by atomic mass is 16.5. The Morgan fingerprint density at radius 2 is 1.58 bits per heavy atom. The molecule has 0 saturated heterocycles. The molecule has 0 fully saturated rings. The first-order chi connectivity index (χ1) is 11.7. The van der Waals surface area contributed by atoms with Gasteiger partial charge in [-0.1, -0.05) is 49.4 Å². The van der Waals surface area contributed by atoms with Crippen LogP contribution in [0.25, 0.3) is 22.3 Å². The maximum absolute atomic E-state index is 13.0. The molecule has 3 nitrogen and oxygen atoms in total. The summed E-state index contributed by atoms with van der Waals surface area (Å²) in [6.45, 7) is 2.74. The van der Waals surface area contributed by atoms with Gasteiger partial charge in [-0.05, 0) is 29.7 Å². The van der Waals surface area contributed by atoms with E-state index in [0.29, 0.717) is 17.7 Å². The van der Waals surface area contributed by atoms with Crippen molar-refractivity contribution in [1.82, 2.24) is 4.57 Å². The first-order valence-electron chi connectivity index (χ1n) is 8.18. The molecule has 0 radical (unpaired) electrons. The van der Waals surface area contributed by atoms with E-state index in [-0.39, 0.29) is 5.43 Å². The molecule has 0 amide bonds. The van der Waals surface area contributed by atoms with Crippen LogP contribution >= 0.6 is 0 Å². The van der Waals surface area contributed by atoms with Gasteiger partial charge in [0.15, 0.2) is 5.43 Å². The van der Waals surface area contributed by atoms with Crippen LogP contribution in [0.2, 0.25) is 0 Å². The van der Waals surface area contributed by atoms with Crippen LogP contribution in [0.15, 0.2) is 71.8 Å². The number of hydrogen-bond acceptors (Lipinski definition) is 2. The van der Waals surface area contributed by atoms with Crippen molar-refractivity contribution < 1.29 is 4.74 Å². The van der Waals surface area contributed by atoms with Crippen molar-refractivity contribution in [3.63, 3.8) is 0 Å². The number of pyridine rings is 1. The number of rotatable bonds is 5. The smallest absolute Gasteiger partial charge is 0.197 e. The van der Waals surface area contributed by atoms with Gasteiger partial charge in [0.25, 0.3) is 0 Å². The van der Waals surface area contributed by atoms with Gasteiger partial charge < -0.3 is 9.30 Å². The molecule has 0 unspecified atom stereocenters. The Hall–Kier alpha value is -2.81. The van der Waals surface area contributed by atoms with Crippen LogP contribution in [-0.2, 0) is 7.05 Å². The third-order valence-corrected chi connectivity index (χ3v) is 3.86. The third-order valence-electron chi connectivity index (χ3n) is 3.86. The van der Waals surface area contributed by atoms with Crippen LogP contribution in [0.5, 0.6) is 5.75 Å². The average molecular weight is 319 g/mol. The summed E-state index contributed by atoms with van der Waals surface area (Å²) in [5.74, 6) is 0.793. The summed E-state index contributed by atoms with van der Waals surface area (Å²) in [6.07, 6.45) is 4.70. The Morgan fingerprint density at radius 1 is 0.917 bits per heavy atom. The van der Waals surface area contributed by atoms with Crippen molar-refractivity contribution in [3.05, 3.63) is 77.2 Å². The molecule has 0 aliphatic rings. The van der Waals surface area contributed by atoms with Crippen LogP contribution in [0.1, 0.15) is 13.3 Å². The second-order valence-corrected chi connectivity index (χ2v) is 5.82. The van der Waals surface area contributed by atoms with Gasteiger partial charge in [0.1, 0.15) is 5.75 Å². The van der Waals surface area contributed by atoms with E-state index >= 15 is 0 Å². The molecule has 0 aliphatic heterocycles. The van der Waals surface area contributed by atoms with Crippen molar-refractivity contribution >= 4 is 0 Å². The highest BCUT2D eigenvalue weighted by molar-refractivity contribution is 5.72. The van der Waals surface area contributed by atoms with E-state index in [0.717, 1.165) is 23.3 Å². The Morgan fingerprint density at radius 3 is 2.29 bits per heavy atom. The number of aryl methyl sites for hydroxylation is 1. The predicted octanol–water partition coefficient (Wildman–Crippen LogP) is 4.51. The summed E-state index contributed by atoms with van der Waals surface area (Å²) in [6, 6.07) is 17.5. The van der Waals surface area contributed by atoms with Crippen LogP contribution in [0.4, 0.5) is 0 Å². The Balaban J connectivity index is 2.09. The first kappa shape index (κ1) is 16.1. The molecule has 24 heavy (non-hydrogen) atoms. The van der Waals surface area contributed by atoms with Crippen molar-refractivity contribution in [2.75, 3.05) is 6.61 Å². The lowest BCUT2D eigenvalue weighted by Gasteiger charge is -2.10. The van der Waals surface area contributed by atoms with Crippen LogP contribution < -0.4 is 10.2 Å². The van der Waals surface area contributed by atoms with Crippen molar-refractivity contribution in [1.29, 1.82) is 0 Å². The van der Waals surface area contributed by atoms with Gasteiger partial charge in [0, 0.05) is 30.6 Å². The molecule has 1 aromatic heterocycles. The molecule has 3 rings (SSSR count). The van der Waals surface area contributed by atoms with E-state index in [1.807, 2.05) is 78.6 Å². The molecular formula is C21H21NO2. The minimum absolute atomic E-state index is 0.0342.